The normalized spacial score (nSPS) is 16.7. The molecule has 0 N–H and O–H groups in total. The van der Waals surface area contributed by atoms with Gasteiger partial charge >= 0.3 is 11.9 Å². The van der Waals surface area contributed by atoms with E-state index < -0.39 is 11.9 Å². The van der Waals surface area contributed by atoms with E-state index >= 15 is 0 Å². The van der Waals surface area contributed by atoms with E-state index in [2.05, 4.69) is 0 Å². The smallest absolute Gasteiger partial charge is 0.348 e. The molecule has 4 aromatic carbocycles. The maximum Gasteiger partial charge on any atom is 0.348 e. The highest BCUT2D eigenvalue weighted by Crippen LogP contribution is 2.43. The van der Waals surface area contributed by atoms with E-state index in [9.17, 15) is 9.59 Å². The molecule has 41 heavy (non-hydrogen) atoms. The van der Waals surface area contributed by atoms with E-state index in [1.54, 1.807) is 17.1 Å². The van der Waals surface area contributed by atoms with E-state index in [4.69, 9.17) is 37.8 Å². The van der Waals surface area contributed by atoms with Gasteiger partial charge in [-0.3, -0.25) is 4.90 Å². The lowest BCUT2D eigenvalue weighted by Gasteiger charge is -2.26. The standard InChI is InChI=1S/C32H21Cl2N3O4/c1-40-31(38)26-27(32(39)41-28(26)21-17-18-24(33)25(34)19-21)30-36(22-13-7-3-8-14-22)29(20-11-5-2-6-12-20)35-37(30)23-15-9-4-10-16-23/h2-19H,1H3/b30-27-. The number of carbonyl (C=O) groups is 2. The summed E-state index contributed by atoms with van der Waals surface area (Å²) >= 11 is 12.4. The fourth-order valence-electron chi connectivity index (χ4n) is 4.70. The molecule has 2 aliphatic rings. The number of para-hydroxylation sites is 2. The predicted octanol–water partition coefficient (Wildman–Crippen LogP) is 7.03. The Bertz CT molecular complexity index is 1750. The average Bonchev–Trinajstić information content (AvgIpc) is 3.57. The molecule has 0 aromatic heterocycles. The maximum absolute atomic E-state index is 13.8. The van der Waals surface area contributed by atoms with Gasteiger partial charge in [0.2, 0.25) is 0 Å². The van der Waals surface area contributed by atoms with Crippen molar-refractivity contribution in [3.63, 3.8) is 0 Å². The van der Waals surface area contributed by atoms with Crippen molar-refractivity contribution in [3.8, 4) is 0 Å². The van der Waals surface area contributed by atoms with Crippen LogP contribution in [-0.2, 0) is 19.1 Å². The average molecular weight is 582 g/mol. The number of anilines is 2. The number of cyclic esters (lactones) is 1. The molecule has 0 saturated heterocycles. The van der Waals surface area contributed by atoms with Crippen molar-refractivity contribution < 1.29 is 19.1 Å². The van der Waals surface area contributed by atoms with Gasteiger partial charge in [-0.15, -0.1) is 5.10 Å². The molecule has 4 aromatic rings. The van der Waals surface area contributed by atoms with E-state index in [1.165, 1.54) is 13.2 Å². The number of hydrazone groups is 1. The van der Waals surface area contributed by atoms with Crippen molar-refractivity contribution in [2.24, 2.45) is 5.10 Å². The van der Waals surface area contributed by atoms with Gasteiger partial charge in [-0.25, -0.2) is 14.6 Å². The van der Waals surface area contributed by atoms with Gasteiger partial charge in [0.05, 0.1) is 22.8 Å². The summed E-state index contributed by atoms with van der Waals surface area (Å²) in [5.74, 6) is -0.636. The first-order chi connectivity index (χ1) is 20.0. The van der Waals surface area contributed by atoms with E-state index in [-0.39, 0.29) is 21.9 Å². The number of hydrogen-bond donors (Lipinski definition) is 0. The number of amidine groups is 1. The maximum atomic E-state index is 13.8. The van der Waals surface area contributed by atoms with Gasteiger partial charge in [0.1, 0.15) is 11.1 Å². The second-order valence-corrected chi connectivity index (χ2v) is 9.84. The second kappa shape index (κ2) is 11.0. The lowest BCUT2D eigenvalue weighted by Crippen LogP contribution is -2.32. The first-order valence-corrected chi connectivity index (χ1v) is 13.3. The number of rotatable bonds is 5. The molecule has 0 spiro atoms. The SMILES string of the molecule is COC(=O)C1=C(c2ccc(Cl)c(Cl)c2)OC(=O)/C1=C1\N(c2ccccc2)N=C(c2ccccc2)N1c1ccccc1. The van der Waals surface area contributed by atoms with E-state index in [0.29, 0.717) is 27.9 Å². The van der Waals surface area contributed by atoms with Gasteiger partial charge in [-0.1, -0.05) is 89.9 Å². The molecular weight excluding hydrogens is 561 g/mol. The summed E-state index contributed by atoms with van der Waals surface area (Å²) < 4.78 is 11.0. The summed E-state index contributed by atoms with van der Waals surface area (Å²) in [5, 5.41) is 7.18. The number of carbonyl (C=O) groups excluding carboxylic acids is 2. The number of nitrogens with zero attached hydrogens (tertiary/aromatic N) is 3. The van der Waals surface area contributed by atoms with Gasteiger partial charge in [0.15, 0.2) is 17.4 Å². The number of ether oxygens (including phenoxy) is 2. The van der Waals surface area contributed by atoms with E-state index in [1.807, 2.05) is 95.9 Å². The molecule has 2 aliphatic heterocycles. The molecule has 0 fully saturated rings. The summed E-state index contributed by atoms with van der Waals surface area (Å²) in [6, 6.07) is 33.1. The number of halogens is 2. The van der Waals surface area contributed by atoms with Gasteiger partial charge in [0, 0.05) is 16.8 Å². The van der Waals surface area contributed by atoms with Crippen molar-refractivity contribution in [3.05, 3.63) is 147 Å². The number of methoxy groups -OCH3 is 1. The van der Waals surface area contributed by atoms with Crippen LogP contribution >= 0.6 is 23.2 Å². The molecule has 6 rings (SSSR count). The van der Waals surface area contributed by atoms with Crippen molar-refractivity contribution in [1.82, 2.24) is 0 Å². The third kappa shape index (κ3) is 4.75. The Hall–Kier alpha value is -4.85. The van der Waals surface area contributed by atoms with Crippen LogP contribution in [0.3, 0.4) is 0 Å². The number of hydrogen-bond acceptors (Lipinski definition) is 7. The highest BCUT2D eigenvalue weighted by molar-refractivity contribution is 6.42. The molecule has 0 saturated carbocycles. The first-order valence-electron chi connectivity index (χ1n) is 12.6. The van der Waals surface area contributed by atoms with Gasteiger partial charge < -0.3 is 9.47 Å². The molecule has 0 atom stereocenters. The van der Waals surface area contributed by atoms with Crippen molar-refractivity contribution in [2.45, 2.75) is 0 Å². The van der Waals surface area contributed by atoms with Crippen LogP contribution < -0.4 is 9.91 Å². The summed E-state index contributed by atoms with van der Waals surface area (Å²) in [5.41, 5.74) is 2.51. The Kier molecular flexibility index (Phi) is 7.05. The summed E-state index contributed by atoms with van der Waals surface area (Å²) in [4.78, 5) is 29.1. The van der Waals surface area contributed by atoms with Gasteiger partial charge in [-0.2, -0.15) is 0 Å². The van der Waals surface area contributed by atoms with Gasteiger partial charge in [-0.05, 0) is 42.5 Å². The van der Waals surface area contributed by atoms with E-state index in [0.717, 1.165) is 11.3 Å². The van der Waals surface area contributed by atoms with Crippen LogP contribution in [0.4, 0.5) is 11.4 Å². The zero-order valence-electron chi connectivity index (χ0n) is 21.6. The third-order valence-corrected chi connectivity index (χ3v) is 7.28. The van der Waals surface area contributed by atoms with Crippen LogP contribution in [0, 0.1) is 0 Å². The number of esters is 2. The summed E-state index contributed by atoms with van der Waals surface area (Å²) in [6.07, 6.45) is 0. The molecule has 7 nitrogen and oxygen atoms in total. The Labute approximate surface area is 246 Å². The van der Waals surface area contributed by atoms with Crippen molar-refractivity contribution in [1.29, 1.82) is 0 Å². The minimum Gasteiger partial charge on any atom is -0.465 e. The van der Waals surface area contributed by atoms with Crippen LogP contribution in [-0.4, -0.2) is 24.9 Å². The minimum atomic E-state index is -0.756. The predicted molar refractivity (Wildman–Crippen MR) is 159 cm³/mol. The number of benzene rings is 4. The molecule has 2 heterocycles. The molecule has 0 radical (unpaired) electrons. The van der Waals surface area contributed by atoms with Crippen molar-refractivity contribution in [2.75, 3.05) is 17.0 Å². The topological polar surface area (TPSA) is 71.4 Å². The quantitative estimate of drug-likeness (QED) is 0.186. The molecule has 0 unspecified atom stereocenters. The Morgan fingerprint density at radius 1 is 0.780 bits per heavy atom. The fraction of sp³-hybridized carbons (Fsp3) is 0.0312. The van der Waals surface area contributed by atoms with Crippen LogP contribution in [0.15, 0.2) is 131 Å². The zero-order valence-corrected chi connectivity index (χ0v) is 23.1. The molecule has 9 heteroatoms. The molecule has 202 valence electrons. The van der Waals surface area contributed by atoms with Crippen molar-refractivity contribution >= 4 is 58.1 Å². The second-order valence-electron chi connectivity index (χ2n) is 9.02. The fourth-order valence-corrected chi connectivity index (χ4v) is 4.99. The monoisotopic (exact) mass is 581 g/mol. The zero-order chi connectivity index (χ0) is 28.5. The van der Waals surface area contributed by atoms with Crippen LogP contribution in [0.25, 0.3) is 5.76 Å². The molecule has 0 amide bonds. The Balaban J connectivity index is 1.69. The first kappa shape index (κ1) is 26.4. The lowest BCUT2D eigenvalue weighted by molar-refractivity contribution is -0.136. The molecular formula is C32H21Cl2N3O4. The Morgan fingerprint density at radius 3 is 2.00 bits per heavy atom. The molecule has 0 aliphatic carbocycles. The minimum absolute atomic E-state index is 0.0112. The lowest BCUT2D eigenvalue weighted by atomic mass is 10.0. The van der Waals surface area contributed by atoms with Gasteiger partial charge in [0.25, 0.3) is 0 Å². The summed E-state index contributed by atoms with van der Waals surface area (Å²) in [6.45, 7) is 0. The van der Waals surface area contributed by atoms with Crippen LogP contribution in [0.2, 0.25) is 10.0 Å². The van der Waals surface area contributed by atoms with Crippen LogP contribution in [0.5, 0.6) is 0 Å². The largest absolute Gasteiger partial charge is 0.465 e. The molecule has 0 bridgehead atoms. The highest BCUT2D eigenvalue weighted by atomic mass is 35.5. The van der Waals surface area contributed by atoms with Crippen LogP contribution in [0.1, 0.15) is 11.1 Å². The Morgan fingerprint density at radius 2 is 1.39 bits per heavy atom. The third-order valence-electron chi connectivity index (χ3n) is 6.54. The highest BCUT2D eigenvalue weighted by Gasteiger charge is 2.45. The summed E-state index contributed by atoms with van der Waals surface area (Å²) in [7, 11) is 1.25.